The maximum Gasteiger partial charge on any atom is 0.416 e. The summed E-state index contributed by atoms with van der Waals surface area (Å²) in [5.41, 5.74) is 0. The smallest absolute Gasteiger partial charge is 0.416 e. The summed E-state index contributed by atoms with van der Waals surface area (Å²) < 4.78 is 12.6. The average molecular weight is 293 g/mol. The van der Waals surface area contributed by atoms with Gasteiger partial charge in [-0.25, -0.2) is 9.59 Å². The Kier molecular flexibility index (Phi) is 8.63. The van der Waals surface area contributed by atoms with Crippen molar-refractivity contribution in [3.63, 3.8) is 0 Å². The minimum atomic E-state index is -1.99. The molecule has 0 heterocycles. The summed E-state index contributed by atoms with van der Waals surface area (Å²) in [5, 5.41) is -0.369. The van der Waals surface area contributed by atoms with Crippen molar-refractivity contribution < 1.29 is 19.1 Å². The summed E-state index contributed by atoms with van der Waals surface area (Å²) in [4.78, 5) is 23.5. The molecule has 0 aliphatic heterocycles. The zero-order valence-electron chi connectivity index (χ0n) is 12.7. The second-order valence-electron chi connectivity index (χ2n) is 5.05. The van der Waals surface area contributed by atoms with E-state index in [2.05, 4.69) is 11.6 Å². The monoisotopic (exact) mass is 293 g/mol. The maximum absolute atomic E-state index is 11.8. The number of carbonyl (C=O) groups is 2. The summed E-state index contributed by atoms with van der Waals surface area (Å²) in [6.07, 6.45) is 4.16. The highest BCUT2D eigenvalue weighted by molar-refractivity contribution is 8.43. The zero-order chi connectivity index (χ0) is 14.9. The average Bonchev–Trinajstić information content (AvgIpc) is 2.32. The SMILES string of the molecule is CCCCCOC(=O)NS(C)(CC(C)C)C(=O)OC. The van der Waals surface area contributed by atoms with E-state index in [0.29, 0.717) is 18.3 Å². The first kappa shape index (κ1) is 18.1. The lowest BCUT2D eigenvalue weighted by Crippen LogP contribution is -2.35. The van der Waals surface area contributed by atoms with Gasteiger partial charge in [0.15, 0.2) is 0 Å². The molecular weight excluding hydrogens is 266 g/mol. The van der Waals surface area contributed by atoms with Gasteiger partial charge in [-0.15, -0.1) is 0 Å². The van der Waals surface area contributed by atoms with Crippen LogP contribution >= 0.6 is 10.2 Å². The van der Waals surface area contributed by atoms with Crippen molar-refractivity contribution in [2.24, 2.45) is 5.92 Å². The highest BCUT2D eigenvalue weighted by atomic mass is 32.3. The Morgan fingerprint density at radius 3 is 2.37 bits per heavy atom. The minimum Gasteiger partial charge on any atom is -0.461 e. The Morgan fingerprint density at radius 1 is 1.26 bits per heavy atom. The molecular formula is C13H27NO4S. The van der Waals surface area contributed by atoms with Crippen LogP contribution in [0.4, 0.5) is 9.59 Å². The van der Waals surface area contributed by atoms with Crippen LogP contribution in [0, 0.1) is 5.92 Å². The van der Waals surface area contributed by atoms with Gasteiger partial charge in [-0.3, -0.25) is 4.72 Å². The van der Waals surface area contributed by atoms with Crippen LogP contribution in [0.1, 0.15) is 40.0 Å². The number of hydrogen-bond acceptors (Lipinski definition) is 4. The first-order chi connectivity index (χ1) is 8.85. The van der Waals surface area contributed by atoms with Gasteiger partial charge < -0.3 is 9.47 Å². The summed E-state index contributed by atoms with van der Waals surface area (Å²) in [6, 6.07) is 0. The second kappa shape index (κ2) is 9.07. The van der Waals surface area contributed by atoms with Crippen LogP contribution in [0.15, 0.2) is 0 Å². The summed E-state index contributed by atoms with van der Waals surface area (Å²) in [5.74, 6) is 0.878. The molecule has 19 heavy (non-hydrogen) atoms. The lowest BCUT2D eigenvalue weighted by molar-refractivity contribution is 0.150. The largest absolute Gasteiger partial charge is 0.461 e. The Hall–Kier alpha value is -0.910. The van der Waals surface area contributed by atoms with Crippen molar-refractivity contribution in [2.75, 3.05) is 25.7 Å². The molecule has 5 nitrogen and oxygen atoms in total. The molecule has 0 radical (unpaired) electrons. The fourth-order valence-corrected chi connectivity index (χ4v) is 4.16. The van der Waals surface area contributed by atoms with Crippen molar-refractivity contribution in [3.05, 3.63) is 0 Å². The fraction of sp³-hybridized carbons (Fsp3) is 0.846. The van der Waals surface area contributed by atoms with E-state index in [-0.39, 0.29) is 5.30 Å². The minimum absolute atomic E-state index is 0.291. The Labute approximate surface area is 117 Å². The van der Waals surface area contributed by atoms with Gasteiger partial charge in [-0.2, -0.15) is 0 Å². The van der Waals surface area contributed by atoms with Gasteiger partial charge in [-0.05, 0) is 18.6 Å². The highest BCUT2D eigenvalue weighted by Gasteiger charge is 2.31. The molecule has 1 amide bonds. The predicted molar refractivity (Wildman–Crippen MR) is 79.6 cm³/mol. The van der Waals surface area contributed by atoms with Gasteiger partial charge in [0.25, 0.3) is 0 Å². The third-order valence-corrected chi connectivity index (χ3v) is 5.34. The Balaban J connectivity index is 4.39. The van der Waals surface area contributed by atoms with E-state index in [1.807, 2.05) is 13.8 Å². The molecule has 0 spiro atoms. The van der Waals surface area contributed by atoms with Crippen molar-refractivity contribution in [3.8, 4) is 0 Å². The normalized spacial score (nSPS) is 15.5. The van der Waals surface area contributed by atoms with Gasteiger partial charge in [0.1, 0.15) is 0 Å². The van der Waals surface area contributed by atoms with E-state index >= 15 is 0 Å². The molecule has 1 unspecified atom stereocenters. The molecule has 0 bridgehead atoms. The van der Waals surface area contributed by atoms with Gasteiger partial charge in [0.05, 0.1) is 13.7 Å². The lowest BCUT2D eigenvalue weighted by atomic mass is 10.3. The van der Waals surface area contributed by atoms with Crippen LogP contribution in [-0.4, -0.2) is 37.1 Å². The number of methoxy groups -OCH3 is 1. The number of carbonyl (C=O) groups excluding carboxylic acids is 2. The molecule has 0 aliphatic rings. The molecule has 0 aliphatic carbocycles. The van der Waals surface area contributed by atoms with Gasteiger partial charge in [0.2, 0.25) is 0 Å². The van der Waals surface area contributed by atoms with Gasteiger partial charge in [-0.1, -0.05) is 43.8 Å². The lowest BCUT2D eigenvalue weighted by Gasteiger charge is -2.34. The first-order valence-electron chi connectivity index (χ1n) is 6.64. The molecule has 0 aromatic rings. The van der Waals surface area contributed by atoms with Gasteiger partial charge >= 0.3 is 11.4 Å². The van der Waals surface area contributed by atoms with E-state index < -0.39 is 16.3 Å². The second-order valence-corrected chi connectivity index (χ2v) is 8.09. The van der Waals surface area contributed by atoms with Crippen LogP contribution in [0.5, 0.6) is 0 Å². The third-order valence-electron chi connectivity index (χ3n) is 2.49. The Bertz CT molecular complexity index is 296. The summed E-state index contributed by atoms with van der Waals surface area (Å²) in [6.45, 7) is 6.48. The molecule has 0 saturated carbocycles. The van der Waals surface area contributed by atoms with Crippen molar-refractivity contribution >= 4 is 21.6 Å². The predicted octanol–water partition coefficient (Wildman–Crippen LogP) is 3.67. The van der Waals surface area contributed by atoms with Crippen LogP contribution < -0.4 is 4.72 Å². The zero-order valence-corrected chi connectivity index (χ0v) is 13.5. The van der Waals surface area contributed by atoms with Crippen molar-refractivity contribution in [1.29, 1.82) is 0 Å². The molecule has 1 N–H and O–H groups in total. The number of amides is 1. The van der Waals surface area contributed by atoms with Crippen LogP contribution in [0.2, 0.25) is 0 Å². The number of unbranched alkanes of at least 4 members (excludes halogenated alkanes) is 2. The molecule has 1 atom stereocenters. The molecule has 0 saturated heterocycles. The number of nitrogens with one attached hydrogen (secondary N) is 1. The summed E-state index contributed by atoms with van der Waals surface area (Å²) >= 11 is 0. The highest BCUT2D eigenvalue weighted by Crippen LogP contribution is 2.43. The maximum atomic E-state index is 11.8. The number of ether oxygens (including phenoxy) is 2. The molecule has 0 rings (SSSR count). The molecule has 0 aromatic heterocycles. The standard InChI is InChI=1S/C13H27NO4S/c1-6-7-8-9-18-12(15)14-19(5,10-11(2)3)13(16)17-4/h11H,6-10H2,1-5H3,(H,14,15). The molecule has 6 heteroatoms. The van der Waals surface area contributed by atoms with E-state index in [1.165, 1.54) is 7.11 Å². The number of rotatable bonds is 6. The van der Waals surface area contributed by atoms with Crippen LogP contribution in [0.25, 0.3) is 0 Å². The topological polar surface area (TPSA) is 64.6 Å². The van der Waals surface area contributed by atoms with Crippen molar-refractivity contribution in [1.82, 2.24) is 4.72 Å². The van der Waals surface area contributed by atoms with E-state index in [9.17, 15) is 9.59 Å². The summed E-state index contributed by atoms with van der Waals surface area (Å²) in [7, 11) is -0.659. The first-order valence-corrected chi connectivity index (χ1v) is 8.85. The van der Waals surface area contributed by atoms with E-state index in [0.717, 1.165) is 19.3 Å². The molecule has 114 valence electrons. The quantitative estimate of drug-likeness (QED) is 0.599. The molecule has 0 fully saturated rings. The Morgan fingerprint density at radius 2 is 1.89 bits per heavy atom. The number of hydrogen-bond donors (Lipinski definition) is 1. The fourth-order valence-electron chi connectivity index (χ4n) is 1.73. The van der Waals surface area contributed by atoms with E-state index in [4.69, 9.17) is 9.47 Å². The van der Waals surface area contributed by atoms with Gasteiger partial charge in [0, 0.05) is 5.75 Å². The van der Waals surface area contributed by atoms with E-state index in [1.54, 1.807) is 6.26 Å². The van der Waals surface area contributed by atoms with Crippen molar-refractivity contribution in [2.45, 2.75) is 40.0 Å². The van der Waals surface area contributed by atoms with Crippen LogP contribution in [-0.2, 0) is 9.47 Å². The van der Waals surface area contributed by atoms with Crippen LogP contribution in [0.3, 0.4) is 0 Å². The third kappa shape index (κ3) is 7.30. The molecule has 0 aromatic carbocycles.